The molecule has 1 aromatic carbocycles. The third-order valence-electron chi connectivity index (χ3n) is 3.96. The van der Waals surface area contributed by atoms with E-state index >= 15 is 0 Å². The topological polar surface area (TPSA) is 32.3 Å². The molecule has 1 amide bonds. The molecule has 0 spiro atoms. The van der Waals surface area contributed by atoms with Crippen LogP contribution in [0.5, 0.6) is 0 Å². The zero-order valence-electron chi connectivity index (χ0n) is 11.4. The van der Waals surface area contributed by atoms with Crippen molar-refractivity contribution >= 4 is 5.91 Å². The van der Waals surface area contributed by atoms with Gasteiger partial charge in [-0.3, -0.25) is 4.79 Å². The van der Waals surface area contributed by atoms with Gasteiger partial charge in [-0.25, -0.2) is 0 Å². The van der Waals surface area contributed by atoms with E-state index in [1.165, 1.54) is 5.56 Å². The van der Waals surface area contributed by atoms with Crippen LogP contribution in [0.2, 0.25) is 0 Å². The van der Waals surface area contributed by atoms with E-state index in [0.29, 0.717) is 12.5 Å². The van der Waals surface area contributed by atoms with Gasteiger partial charge < -0.3 is 10.2 Å². The number of nitrogens with zero attached hydrogens (tertiary/aromatic N) is 1. The lowest BCUT2D eigenvalue weighted by atomic mass is 10.0. The molecule has 98 valence electrons. The number of carbonyl (C=O) groups is 1. The highest BCUT2D eigenvalue weighted by molar-refractivity contribution is 5.79. The summed E-state index contributed by atoms with van der Waals surface area (Å²) in [6, 6.07) is 8.77. The monoisotopic (exact) mass is 246 g/mol. The normalized spacial score (nSPS) is 24.1. The summed E-state index contributed by atoms with van der Waals surface area (Å²) < 4.78 is 0. The van der Waals surface area contributed by atoms with Crippen LogP contribution >= 0.6 is 0 Å². The minimum atomic E-state index is 0.241. The van der Waals surface area contributed by atoms with Gasteiger partial charge in [-0.15, -0.1) is 0 Å². The Morgan fingerprint density at radius 3 is 2.83 bits per heavy atom. The summed E-state index contributed by atoms with van der Waals surface area (Å²) >= 11 is 0. The average molecular weight is 246 g/mol. The fourth-order valence-electron chi connectivity index (χ4n) is 2.48. The largest absolute Gasteiger partial charge is 0.337 e. The van der Waals surface area contributed by atoms with Gasteiger partial charge in [-0.05, 0) is 31.9 Å². The van der Waals surface area contributed by atoms with Crippen molar-refractivity contribution < 1.29 is 4.79 Å². The zero-order valence-corrected chi connectivity index (χ0v) is 11.4. The molecule has 0 saturated carbocycles. The Bertz CT molecular complexity index is 430. The van der Waals surface area contributed by atoms with E-state index in [0.717, 1.165) is 18.7 Å². The molecule has 1 N–H and O–H groups in total. The average Bonchev–Trinajstić information content (AvgIpc) is 2.35. The highest BCUT2D eigenvalue weighted by Gasteiger charge is 2.27. The van der Waals surface area contributed by atoms with Gasteiger partial charge in [0.2, 0.25) is 5.91 Å². The Hall–Kier alpha value is -1.35. The summed E-state index contributed by atoms with van der Waals surface area (Å²) in [6.45, 7) is 8.03. The predicted molar refractivity (Wildman–Crippen MR) is 73.5 cm³/mol. The molecule has 1 heterocycles. The predicted octanol–water partition coefficient (Wildman–Crippen LogP) is 1.75. The molecule has 18 heavy (non-hydrogen) atoms. The first-order chi connectivity index (χ1) is 8.59. The summed E-state index contributed by atoms with van der Waals surface area (Å²) in [5, 5.41) is 3.40. The first-order valence-corrected chi connectivity index (χ1v) is 6.67. The molecular formula is C15H22N2O. The molecule has 0 aliphatic carbocycles. The van der Waals surface area contributed by atoms with Crippen LogP contribution in [0.3, 0.4) is 0 Å². The smallest absolute Gasteiger partial charge is 0.227 e. The maximum absolute atomic E-state index is 12.4. The van der Waals surface area contributed by atoms with Crippen molar-refractivity contribution in [2.45, 2.75) is 39.3 Å². The summed E-state index contributed by atoms with van der Waals surface area (Å²) in [5.74, 6) is 0.241. The van der Waals surface area contributed by atoms with E-state index in [9.17, 15) is 4.79 Å². The van der Waals surface area contributed by atoms with Gasteiger partial charge >= 0.3 is 0 Å². The molecule has 3 nitrogen and oxygen atoms in total. The Labute approximate surface area is 109 Å². The van der Waals surface area contributed by atoms with Gasteiger partial charge in [0.1, 0.15) is 0 Å². The van der Waals surface area contributed by atoms with Crippen molar-refractivity contribution in [3.05, 3.63) is 35.4 Å². The molecule has 1 aliphatic heterocycles. The number of benzene rings is 1. The van der Waals surface area contributed by atoms with Gasteiger partial charge in [0.05, 0.1) is 6.42 Å². The molecule has 0 bridgehead atoms. The molecule has 2 atom stereocenters. The first-order valence-electron chi connectivity index (χ1n) is 6.67. The van der Waals surface area contributed by atoms with Gasteiger partial charge in [0.15, 0.2) is 0 Å². The van der Waals surface area contributed by atoms with Crippen LogP contribution in [0.1, 0.15) is 25.0 Å². The van der Waals surface area contributed by atoms with E-state index in [-0.39, 0.29) is 11.9 Å². The van der Waals surface area contributed by atoms with E-state index in [4.69, 9.17) is 0 Å². The number of hydrogen-bond acceptors (Lipinski definition) is 2. The number of piperazine rings is 1. The van der Waals surface area contributed by atoms with E-state index in [1.54, 1.807) is 0 Å². The van der Waals surface area contributed by atoms with Crippen LogP contribution in [0.25, 0.3) is 0 Å². The number of rotatable bonds is 2. The van der Waals surface area contributed by atoms with Gasteiger partial charge in [0, 0.05) is 25.2 Å². The fraction of sp³-hybridized carbons (Fsp3) is 0.533. The van der Waals surface area contributed by atoms with Gasteiger partial charge in [-0.1, -0.05) is 24.3 Å². The van der Waals surface area contributed by atoms with Crippen LogP contribution in [0.15, 0.2) is 24.3 Å². The molecule has 0 radical (unpaired) electrons. The number of hydrogen-bond donors (Lipinski definition) is 1. The number of aryl methyl sites for hydroxylation is 1. The fourth-order valence-corrected chi connectivity index (χ4v) is 2.48. The molecule has 1 saturated heterocycles. The van der Waals surface area contributed by atoms with Crippen LogP contribution in [0.4, 0.5) is 0 Å². The second kappa shape index (κ2) is 5.53. The number of nitrogens with one attached hydrogen (secondary N) is 1. The molecule has 1 fully saturated rings. The van der Waals surface area contributed by atoms with Crippen molar-refractivity contribution in [3.63, 3.8) is 0 Å². The van der Waals surface area contributed by atoms with Crippen LogP contribution in [-0.2, 0) is 11.2 Å². The van der Waals surface area contributed by atoms with Crippen LogP contribution in [-0.4, -0.2) is 36.0 Å². The lowest BCUT2D eigenvalue weighted by Gasteiger charge is -2.38. The summed E-state index contributed by atoms with van der Waals surface area (Å²) in [6.07, 6.45) is 0.518. The second-order valence-corrected chi connectivity index (χ2v) is 5.17. The minimum Gasteiger partial charge on any atom is -0.337 e. The molecule has 2 rings (SSSR count). The van der Waals surface area contributed by atoms with Crippen molar-refractivity contribution in [3.8, 4) is 0 Å². The van der Waals surface area contributed by atoms with E-state index < -0.39 is 0 Å². The number of carbonyl (C=O) groups excluding carboxylic acids is 1. The SMILES string of the molecule is Cc1ccccc1CC(=O)N1CCNC(C)C1C. The molecule has 0 aromatic heterocycles. The molecule has 3 heteroatoms. The van der Waals surface area contributed by atoms with Crippen molar-refractivity contribution in [2.75, 3.05) is 13.1 Å². The summed E-state index contributed by atoms with van der Waals surface area (Å²) in [7, 11) is 0. The maximum atomic E-state index is 12.4. The first kappa shape index (κ1) is 13.1. The minimum absolute atomic E-state index is 0.241. The highest BCUT2D eigenvalue weighted by atomic mass is 16.2. The quantitative estimate of drug-likeness (QED) is 0.862. The Morgan fingerprint density at radius 2 is 2.11 bits per heavy atom. The van der Waals surface area contributed by atoms with Crippen LogP contribution < -0.4 is 5.32 Å². The van der Waals surface area contributed by atoms with Crippen molar-refractivity contribution in [1.29, 1.82) is 0 Å². The molecule has 1 aliphatic rings. The van der Waals surface area contributed by atoms with E-state index in [2.05, 4.69) is 32.2 Å². The summed E-state index contributed by atoms with van der Waals surface area (Å²) in [4.78, 5) is 14.4. The summed E-state index contributed by atoms with van der Waals surface area (Å²) in [5.41, 5.74) is 2.34. The third kappa shape index (κ3) is 2.72. The maximum Gasteiger partial charge on any atom is 0.227 e. The Balaban J connectivity index is 2.06. The van der Waals surface area contributed by atoms with Crippen molar-refractivity contribution in [1.82, 2.24) is 10.2 Å². The zero-order chi connectivity index (χ0) is 13.1. The molecular weight excluding hydrogens is 224 g/mol. The van der Waals surface area contributed by atoms with Crippen LogP contribution in [0, 0.1) is 6.92 Å². The lowest BCUT2D eigenvalue weighted by Crippen LogP contribution is -2.57. The van der Waals surface area contributed by atoms with Crippen molar-refractivity contribution in [2.24, 2.45) is 0 Å². The number of amides is 1. The van der Waals surface area contributed by atoms with Gasteiger partial charge in [0.25, 0.3) is 0 Å². The van der Waals surface area contributed by atoms with E-state index in [1.807, 2.05) is 23.1 Å². The second-order valence-electron chi connectivity index (χ2n) is 5.17. The molecule has 1 aromatic rings. The Kier molecular flexibility index (Phi) is 4.02. The van der Waals surface area contributed by atoms with Gasteiger partial charge in [-0.2, -0.15) is 0 Å². The molecule has 2 unspecified atom stereocenters. The standard InChI is InChI=1S/C15H22N2O/c1-11-6-4-5-7-14(11)10-15(18)17-9-8-16-12(2)13(17)3/h4-7,12-13,16H,8-10H2,1-3H3. The third-order valence-corrected chi connectivity index (χ3v) is 3.96. The Morgan fingerprint density at radius 1 is 1.39 bits per heavy atom. The highest BCUT2D eigenvalue weighted by Crippen LogP contribution is 2.14. The lowest BCUT2D eigenvalue weighted by molar-refractivity contribution is -0.134.